The molecule has 0 aliphatic heterocycles. The van der Waals surface area contributed by atoms with Crippen molar-refractivity contribution in [3.8, 4) is 22.8 Å². The zero-order valence-corrected chi connectivity index (χ0v) is 20.2. The van der Waals surface area contributed by atoms with E-state index in [0.717, 1.165) is 11.3 Å². The Morgan fingerprint density at radius 1 is 1.09 bits per heavy atom. The van der Waals surface area contributed by atoms with Gasteiger partial charge in [0, 0.05) is 23.4 Å². The molecule has 9 nitrogen and oxygen atoms in total. The van der Waals surface area contributed by atoms with Gasteiger partial charge in [-0.1, -0.05) is 54.2 Å². The van der Waals surface area contributed by atoms with E-state index in [0.29, 0.717) is 28.0 Å². The molecule has 35 heavy (non-hydrogen) atoms. The lowest BCUT2D eigenvalue weighted by Crippen LogP contribution is -2.23. The highest BCUT2D eigenvalue weighted by atomic mass is 32.2. The molecule has 0 bridgehead atoms. The fraction of sp³-hybridized carbons (Fsp3) is 0.160. The molecule has 4 rings (SSSR count). The number of nitrogens with zero attached hydrogens (tertiary/aromatic N) is 4. The number of nitro groups is 1. The molecule has 1 N–H and O–H groups in total. The van der Waals surface area contributed by atoms with E-state index in [-0.39, 0.29) is 11.6 Å². The van der Waals surface area contributed by atoms with Crippen LogP contribution in [0.15, 0.2) is 78.0 Å². The molecule has 1 atom stereocenters. The molecule has 0 fully saturated rings. The molecule has 0 saturated heterocycles. The quantitative estimate of drug-likeness (QED) is 0.204. The molecule has 4 aromatic rings. The summed E-state index contributed by atoms with van der Waals surface area (Å²) in [4.78, 5) is 23.5. The summed E-state index contributed by atoms with van der Waals surface area (Å²) in [5.41, 5.74) is 2.72. The Labute approximate surface area is 206 Å². The number of nitro benzene ring substituents is 1. The lowest BCUT2D eigenvalue weighted by Gasteiger charge is -2.16. The molecule has 0 aliphatic rings. The number of rotatable bonds is 8. The Morgan fingerprint density at radius 2 is 1.80 bits per heavy atom. The Bertz CT molecular complexity index is 1370. The molecule has 0 unspecified atom stereocenters. The largest absolute Gasteiger partial charge is 0.495 e. The predicted octanol–water partition coefficient (Wildman–Crippen LogP) is 5.28. The van der Waals surface area contributed by atoms with Crippen LogP contribution in [-0.4, -0.2) is 38.0 Å². The molecule has 1 heterocycles. The maximum absolute atomic E-state index is 13.0. The van der Waals surface area contributed by atoms with E-state index in [1.165, 1.54) is 30.0 Å². The van der Waals surface area contributed by atoms with Gasteiger partial charge in [-0.2, -0.15) is 0 Å². The van der Waals surface area contributed by atoms with Crippen molar-refractivity contribution in [2.24, 2.45) is 0 Å². The van der Waals surface area contributed by atoms with E-state index in [4.69, 9.17) is 4.74 Å². The summed E-state index contributed by atoms with van der Waals surface area (Å²) < 4.78 is 7.45. The number of anilines is 1. The lowest BCUT2D eigenvalue weighted by atomic mass is 10.2. The van der Waals surface area contributed by atoms with Gasteiger partial charge >= 0.3 is 0 Å². The first-order valence-corrected chi connectivity index (χ1v) is 11.6. The normalized spacial score (nSPS) is 11.6. The molecule has 0 radical (unpaired) electrons. The van der Waals surface area contributed by atoms with Crippen LogP contribution < -0.4 is 10.1 Å². The van der Waals surface area contributed by atoms with Gasteiger partial charge in [-0.3, -0.25) is 19.5 Å². The van der Waals surface area contributed by atoms with Crippen molar-refractivity contribution < 1.29 is 14.5 Å². The van der Waals surface area contributed by atoms with Crippen molar-refractivity contribution in [3.05, 3.63) is 88.5 Å². The van der Waals surface area contributed by atoms with Crippen LogP contribution in [0.5, 0.6) is 5.75 Å². The third-order valence-corrected chi connectivity index (χ3v) is 6.36. The molecular weight excluding hydrogens is 466 g/mol. The highest BCUT2D eigenvalue weighted by molar-refractivity contribution is 8.00. The second-order valence-corrected chi connectivity index (χ2v) is 8.99. The van der Waals surface area contributed by atoms with Crippen LogP contribution in [0.4, 0.5) is 11.4 Å². The lowest BCUT2D eigenvalue weighted by molar-refractivity contribution is -0.384. The van der Waals surface area contributed by atoms with Crippen molar-refractivity contribution in [3.63, 3.8) is 0 Å². The maximum atomic E-state index is 13.0. The molecular formula is C25H23N5O4S. The van der Waals surface area contributed by atoms with Gasteiger partial charge in [-0.25, -0.2) is 0 Å². The van der Waals surface area contributed by atoms with E-state index < -0.39 is 10.2 Å². The van der Waals surface area contributed by atoms with Crippen molar-refractivity contribution >= 4 is 29.0 Å². The number of nitrogens with one attached hydrogen (secondary N) is 1. The smallest absolute Gasteiger partial charge is 0.269 e. The number of hydrogen-bond donors (Lipinski definition) is 1. The highest BCUT2D eigenvalue weighted by Crippen LogP contribution is 2.34. The minimum Gasteiger partial charge on any atom is -0.495 e. The van der Waals surface area contributed by atoms with Crippen molar-refractivity contribution in [1.82, 2.24) is 14.8 Å². The zero-order chi connectivity index (χ0) is 24.9. The predicted molar refractivity (Wildman–Crippen MR) is 135 cm³/mol. The number of non-ortho nitro benzene ring substituents is 1. The molecule has 1 amide bonds. The number of ether oxygens (including phenoxy) is 1. The number of aryl methyl sites for hydroxylation is 1. The highest BCUT2D eigenvalue weighted by Gasteiger charge is 2.24. The fourth-order valence-corrected chi connectivity index (χ4v) is 4.36. The van der Waals surface area contributed by atoms with Crippen molar-refractivity contribution in [1.29, 1.82) is 0 Å². The van der Waals surface area contributed by atoms with Crippen LogP contribution in [0, 0.1) is 17.0 Å². The van der Waals surface area contributed by atoms with Gasteiger partial charge in [0.1, 0.15) is 5.75 Å². The molecule has 0 saturated carbocycles. The van der Waals surface area contributed by atoms with Gasteiger partial charge in [0.05, 0.1) is 23.0 Å². The third kappa shape index (κ3) is 5.17. The number of carbonyl (C=O) groups excluding carboxylic acids is 1. The number of para-hydroxylation sites is 2. The van der Waals surface area contributed by atoms with Gasteiger partial charge in [0.25, 0.3) is 5.69 Å². The van der Waals surface area contributed by atoms with Crippen LogP contribution >= 0.6 is 11.8 Å². The van der Waals surface area contributed by atoms with Gasteiger partial charge < -0.3 is 10.1 Å². The Morgan fingerprint density at radius 3 is 2.49 bits per heavy atom. The summed E-state index contributed by atoms with van der Waals surface area (Å²) in [5.74, 6) is 1.00. The molecule has 0 aliphatic carbocycles. The summed E-state index contributed by atoms with van der Waals surface area (Å²) >= 11 is 1.25. The van der Waals surface area contributed by atoms with Crippen LogP contribution in [0.1, 0.15) is 12.5 Å². The number of benzene rings is 3. The summed E-state index contributed by atoms with van der Waals surface area (Å²) in [6, 6.07) is 21.5. The van der Waals surface area contributed by atoms with E-state index in [1.54, 1.807) is 21.0 Å². The third-order valence-electron chi connectivity index (χ3n) is 5.32. The van der Waals surface area contributed by atoms with Gasteiger partial charge in [0.15, 0.2) is 11.0 Å². The Balaban J connectivity index is 1.64. The average Bonchev–Trinajstić information content (AvgIpc) is 3.28. The number of thioether (sulfide) groups is 1. The van der Waals surface area contributed by atoms with E-state index >= 15 is 0 Å². The zero-order valence-electron chi connectivity index (χ0n) is 19.3. The van der Waals surface area contributed by atoms with E-state index in [2.05, 4.69) is 15.5 Å². The second-order valence-electron chi connectivity index (χ2n) is 7.69. The molecule has 0 spiro atoms. The summed E-state index contributed by atoms with van der Waals surface area (Å²) in [6.45, 7) is 3.48. The summed E-state index contributed by atoms with van der Waals surface area (Å²) in [7, 11) is 1.60. The first-order valence-electron chi connectivity index (χ1n) is 10.8. The van der Waals surface area contributed by atoms with Gasteiger partial charge in [-0.05, 0) is 37.6 Å². The van der Waals surface area contributed by atoms with Crippen LogP contribution in [-0.2, 0) is 4.79 Å². The number of hydrogen-bond acceptors (Lipinski definition) is 7. The number of carbonyl (C=O) groups is 1. The van der Waals surface area contributed by atoms with Crippen LogP contribution in [0.3, 0.4) is 0 Å². The first-order chi connectivity index (χ1) is 16.9. The van der Waals surface area contributed by atoms with E-state index in [9.17, 15) is 14.9 Å². The van der Waals surface area contributed by atoms with Crippen LogP contribution in [0.2, 0.25) is 0 Å². The van der Waals surface area contributed by atoms with Crippen molar-refractivity contribution in [2.45, 2.75) is 24.3 Å². The van der Waals surface area contributed by atoms with Gasteiger partial charge in [-0.15, -0.1) is 10.2 Å². The van der Waals surface area contributed by atoms with Crippen LogP contribution in [0.25, 0.3) is 17.1 Å². The monoisotopic (exact) mass is 489 g/mol. The Kier molecular flexibility index (Phi) is 7.11. The standard InChI is InChI=1S/C25H23N5O4S/c1-16-15-19(30(32)33)13-14-20(16)26-24(31)17(2)35-25-28-27-23(18-9-5-4-6-10-18)29(25)21-11-7-8-12-22(21)34-3/h4-15,17H,1-3H3,(H,26,31)/t17-/m1/s1. The second kappa shape index (κ2) is 10.4. The average molecular weight is 490 g/mol. The minimum atomic E-state index is -0.536. The number of methoxy groups -OCH3 is 1. The molecule has 1 aromatic heterocycles. The minimum absolute atomic E-state index is 0.0266. The number of amides is 1. The SMILES string of the molecule is COc1ccccc1-n1c(S[C@H](C)C(=O)Nc2ccc([N+](=O)[O-])cc2C)nnc1-c1ccccc1. The van der Waals surface area contributed by atoms with E-state index in [1.807, 2.05) is 59.2 Å². The molecule has 178 valence electrons. The maximum Gasteiger partial charge on any atom is 0.269 e. The summed E-state index contributed by atoms with van der Waals surface area (Å²) in [5, 5.41) is 22.6. The summed E-state index contributed by atoms with van der Waals surface area (Å²) in [6.07, 6.45) is 0. The topological polar surface area (TPSA) is 112 Å². The van der Waals surface area contributed by atoms with Crippen molar-refractivity contribution in [2.75, 3.05) is 12.4 Å². The Hall–Kier alpha value is -4.18. The van der Waals surface area contributed by atoms with Gasteiger partial charge in [0.2, 0.25) is 5.91 Å². The number of aromatic nitrogens is 3. The fourth-order valence-electron chi connectivity index (χ4n) is 3.50. The first kappa shape index (κ1) is 24.0. The molecule has 3 aromatic carbocycles. The molecule has 10 heteroatoms.